The average molecular weight is 332 g/mol. The van der Waals surface area contributed by atoms with Gasteiger partial charge in [-0.2, -0.15) is 0 Å². The third-order valence-corrected chi connectivity index (χ3v) is 4.42. The van der Waals surface area contributed by atoms with E-state index in [1.165, 1.54) is 0 Å². The van der Waals surface area contributed by atoms with Crippen molar-refractivity contribution in [3.8, 4) is 17.0 Å². The van der Waals surface area contributed by atoms with Crippen LogP contribution in [0.3, 0.4) is 0 Å². The summed E-state index contributed by atoms with van der Waals surface area (Å²) in [5, 5.41) is 5.17. The van der Waals surface area contributed by atoms with Crippen LogP contribution in [0.1, 0.15) is 12.0 Å². The van der Waals surface area contributed by atoms with Crippen LogP contribution in [0, 0.1) is 0 Å². The predicted molar refractivity (Wildman–Crippen MR) is 93.4 cm³/mol. The van der Waals surface area contributed by atoms with Crippen LogP contribution in [0.4, 0.5) is 0 Å². The summed E-state index contributed by atoms with van der Waals surface area (Å²) in [6.45, 7) is 1.25. The van der Waals surface area contributed by atoms with Gasteiger partial charge in [-0.05, 0) is 30.3 Å². The molecule has 25 heavy (non-hydrogen) atoms. The summed E-state index contributed by atoms with van der Waals surface area (Å²) in [7, 11) is 0. The van der Waals surface area contributed by atoms with Crippen LogP contribution in [-0.2, 0) is 9.47 Å². The number of hydrogen-bond donors (Lipinski definition) is 0. The maximum atomic E-state index is 5.65. The van der Waals surface area contributed by atoms with E-state index in [0.717, 1.165) is 33.6 Å². The molecule has 1 aliphatic heterocycles. The molecule has 3 heterocycles. The van der Waals surface area contributed by atoms with Crippen molar-refractivity contribution in [1.29, 1.82) is 0 Å². The maximum absolute atomic E-state index is 5.65. The van der Waals surface area contributed by atoms with Gasteiger partial charge in [0, 0.05) is 17.4 Å². The van der Waals surface area contributed by atoms with Gasteiger partial charge in [0.15, 0.2) is 12.1 Å². The molecule has 0 unspecified atom stereocenters. The number of benzene rings is 2. The Balaban J connectivity index is 1.63. The summed E-state index contributed by atoms with van der Waals surface area (Å²) in [5.74, 6) is 0.777. The molecule has 124 valence electrons. The minimum atomic E-state index is -0.318. The standard InChI is InChI=1S/C20H16N2O3/c1-2-5-14(6-3-1)19-16-13-15(8-9-17(16)21-25-19)22-10-4-7-18(22)20-23-11-12-24-20/h1-10,13,20H,11-12H2. The first kappa shape index (κ1) is 14.5. The highest BCUT2D eigenvalue weighted by Crippen LogP contribution is 2.32. The molecule has 1 aliphatic rings. The van der Waals surface area contributed by atoms with Gasteiger partial charge < -0.3 is 18.6 Å². The number of fused-ring (bicyclic) bond motifs is 1. The van der Waals surface area contributed by atoms with Crippen molar-refractivity contribution in [3.63, 3.8) is 0 Å². The van der Waals surface area contributed by atoms with Gasteiger partial charge in [-0.3, -0.25) is 0 Å². The van der Waals surface area contributed by atoms with Crippen molar-refractivity contribution in [2.75, 3.05) is 13.2 Å². The van der Waals surface area contributed by atoms with Crippen LogP contribution in [0.2, 0.25) is 0 Å². The maximum Gasteiger partial charge on any atom is 0.199 e. The second-order valence-electron chi connectivity index (χ2n) is 5.96. The minimum Gasteiger partial charge on any atom is -0.355 e. The topological polar surface area (TPSA) is 49.4 Å². The third kappa shape index (κ3) is 2.45. The van der Waals surface area contributed by atoms with Gasteiger partial charge in [0.1, 0.15) is 5.52 Å². The molecule has 0 saturated carbocycles. The summed E-state index contributed by atoms with van der Waals surface area (Å²) >= 11 is 0. The first-order valence-corrected chi connectivity index (χ1v) is 8.26. The van der Waals surface area contributed by atoms with E-state index >= 15 is 0 Å². The predicted octanol–water partition coefficient (Wildman–Crippen LogP) is 4.33. The van der Waals surface area contributed by atoms with E-state index in [0.29, 0.717) is 13.2 Å². The number of nitrogens with zero attached hydrogens (tertiary/aromatic N) is 2. The highest BCUT2D eigenvalue weighted by atomic mass is 16.7. The van der Waals surface area contributed by atoms with Gasteiger partial charge in [-0.25, -0.2) is 0 Å². The van der Waals surface area contributed by atoms with E-state index in [2.05, 4.69) is 15.8 Å². The van der Waals surface area contributed by atoms with Gasteiger partial charge in [0.25, 0.3) is 0 Å². The largest absolute Gasteiger partial charge is 0.355 e. The molecule has 0 radical (unpaired) electrons. The third-order valence-electron chi connectivity index (χ3n) is 4.42. The zero-order valence-electron chi connectivity index (χ0n) is 13.5. The molecule has 4 aromatic rings. The lowest BCUT2D eigenvalue weighted by Gasteiger charge is -2.14. The minimum absolute atomic E-state index is 0.318. The van der Waals surface area contributed by atoms with Crippen LogP contribution in [0.15, 0.2) is 71.4 Å². The number of hydrogen-bond acceptors (Lipinski definition) is 4. The quantitative estimate of drug-likeness (QED) is 0.560. The van der Waals surface area contributed by atoms with Gasteiger partial charge in [0.05, 0.1) is 24.3 Å². The molecule has 0 atom stereocenters. The van der Waals surface area contributed by atoms with E-state index in [9.17, 15) is 0 Å². The van der Waals surface area contributed by atoms with Gasteiger partial charge in [-0.1, -0.05) is 35.5 Å². The van der Waals surface area contributed by atoms with Crippen molar-refractivity contribution in [3.05, 3.63) is 72.6 Å². The molecule has 0 spiro atoms. The normalized spacial score (nSPS) is 15.2. The van der Waals surface area contributed by atoms with E-state index in [1.807, 2.05) is 60.8 Å². The Kier molecular flexibility index (Phi) is 3.40. The first-order valence-electron chi connectivity index (χ1n) is 8.26. The zero-order chi connectivity index (χ0) is 16.6. The molecule has 2 aromatic heterocycles. The molecule has 0 amide bonds. The molecular formula is C20H16N2O3. The molecule has 2 aromatic carbocycles. The number of rotatable bonds is 3. The van der Waals surface area contributed by atoms with Gasteiger partial charge >= 0.3 is 0 Å². The number of ether oxygens (including phenoxy) is 2. The van der Waals surface area contributed by atoms with E-state index in [4.69, 9.17) is 14.0 Å². The van der Waals surface area contributed by atoms with E-state index in [-0.39, 0.29) is 6.29 Å². The summed E-state index contributed by atoms with van der Waals surface area (Å²) in [6.07, 6.45) is 1.69. The summed E-state index contributed by atoms with van der Waals surface area (Å²) < 4.78 is 19.0. The summed E-state index contributed by atoms with van der Waals surface area (Å²) in [6, 6.07) is 20.1. The lowest BCUT2D eigenvalue weighted by molar-refractivity contribution is -0.0483. The molecule has 0 bridgehead atoms. The molecular weight excluding hydrogens is 316 g/mol. The van der Waals surface area contributed by atoms with Gasteiger partial charge in [-0.15, -0.1) is 0 Å². The Bertz CT molecular complexity index is 1010. The summed E-state index contributed by atoms with van der Waals surface area (Å²) in [4.78, 5) is 0. The fourth-order valence-electron chi connectivity index (χ4n) is 3.23. The van der Waals surface area contributed by atoms with E-state index in [1.54, 1.807) is 0 Å². The van der Waals surface area contributed by atoms with Crippen molar-refractivity contribution in [2.24, 2.45) is 0 Å². The lowest BCUT2D eigenvalue weighted by atomic mass is 10.1. The highest BCUT2D eigenvalue weighted by Gasteiger charge is 2.22. The van der Waals surface area contributed by atoms with Crippen molar-refractivity contribution < 1.29 is 14.0 Å². The molecule has 5 heteroatoms. The number of aromatic nitrogens is 2. The van der Waals surface area contributed by atoms with Crippen LogP contribution in [0.25, 0.3) is 27.9 Å². The molecule has 1 fully saturated rings. The second kappa shape index (κ2) is 5.88. The Morgan fingerprint density at radius 1 is 0.920 bits per heavy atom. The van der Waals surface area contributed by atoms with Crippen LogP contribution >= 0.6 is 0 Å². The van der Waals surface area contributed by atoms with Crippen LogP contribution in [0.5, 0.6) is 0 Å². The smallest absolute Gasteiger partial charge is 0.199 e. The van der Waals surface area contributed by atoms with Crippen molar-refractivity contribution >= 4 is 10.9 Å². The Morgan fingerprint density at radius 3 is 2.60 bits per heavy atom. The summed E-state index contributed by atoms with van der Waals surface area (Å²) in [5.41, 5.74) is 3.85. The average Bonchev–Trinajstić information content (AvgIpc) is 3.40. The lowest BCUT2D eigenvalue weighted by Crippen LogP contribution is -2.06. The molecule has 5 nitrogen and oxygen atoms in total. The van der Waals surface area contributed by atoms with Crippen LogP contribution in [-0.4, -0.2) is 22.9 Å². The fraction of sp³-hybridized carbons (Fsp3) is 0.150. The van der Waals surface area contributed by atoms with Crippen molar-refractivity contribution in [1.82, 2.24) is 9.72 Å². The van der Waals surface area contributed by atoms with Crippen molar-refractivity contribution in [2.45, 2.75) is 6.29 Å². The Labute approximate surface area is 144 Å². The molecule has 0 N–H and O–H groups in total. The Hall–Kier alpha value is -2.89. The monoisotopic (exact) mass is 332 g/mol. The fourth-order valence-corrected chi connectivity index (χ4v) is 3.23. The first-order chi connectivity index (χ1) is 12.4. The zero-order valence-corrected chi connectivity index (χ0v) is 13.5. The van der Waals surface area contributed by atoms with E-state index < -0.39 is 0 Å². The molecule has 5 rings (SSSR count). The second-order valence-corrected chi connectivity index (χ2v) is 5.96. The Morgan fingerprint density at radius 2 is 1.76 bits per heavy atom. The van der Waals surface area contributed by atoms with Gasteiger partial charge in [0.2, 0.25) is 0 Å². The van der Waals surface area contributed by atoms with Crippen LogP contribution < -0.4 is 0 Å². The SMILES string of the molecule is c1ccc(-c2onc3ccc(-n4cccc4C4OCCO4)cc23)cc1. The molecule has 1 saturated heterocycles. The molecule has 0 aliphatic carbocycles. The highest BCUT2D eigenvalue weighted by molar-refractivity contribution is 5.92.